The number of fused-ring (bicyclic) bond motifs is 2. The van der Waals surface area contributed by atoms with E-state index in [1.54, 1.807) is 23.6 Å². The van der Waals surface area contributed by atoms with Gasteiger partial charge in [0.25, 0.3) is 11.5 Å². The van der Waals surface area contributed by atoms with Crippen molar-refractivity contribution in [2.75, 3.05) is 27.3 Å². The molecule has 7 rings (SSSR count). The third kappa shape index (κ3) is 7.45. The summed E-state index contributed by atoms with van der Waals surface area (Å²) in [6, 6.07) is 13.9. The highest BCUT2D eigenvalue weighted by Crippen LogP contribution is 2.52. The number of ether oxygens (including phenoxy) is 2. The van der Waals surface area contributed by atoms with E-state index in [2.05, 4.69) is 10.6 Å². The number of likely N-dealkylation sites (N-methyl/N-ethyl adjacent to an activating group) is 1. The molecule has 1 aromatic heterocycles. The maximum Gasteiger partial charge on any atom is 0.311 e. The first-order valence-corrected chi connectivity index (χ1v) is 17.5. The second-order valence-electron chi connectivity index (χ2n) is 14.4. The number of nitrogens with one attached hydrogen (secondary N) is 2. The number of carbonyl (C=O) groups excluding carboxylic acids is 3. The Kier molecular flexibility index (Phi) is 10.4. The predicted molar refractivity (Wildman–Crippen MR) is 184 cm³/mol. The van der Waals surface area contributed by atoms with Gasteiger partial charge in [-0.1, -0.05) is 42.5 Å². The number of rotatable bonds is 10. The minimum Gasteiger partial charge on any atom is -0.481 e. The fourth-order valence-corrected chi connectivity index (χ4v) is 7.60. The van der Waals surface area contributed by atoms with Gasteiger partial charge in [0.15, 0.2) is 5.69 Å². The summed E-state index contributed by atoms with van der Waals surface area (Å²) in [5.74, 6) is -1.90. The van der Waals surface area contributed by atoms with Crippen molar-refractivity contribution in [1.29, 1.82) is 0 Å². The molecule has 12 heteroatoms. The number of nitrogens with zero attached hydrogens (tertiary/aromatic N) is 3. The van der Waals surface area contributed by atoms with E-state index in [1.165, 1.54) is 25.1 Å². The van der Waals surface area contributed by atoms with Crippen molar-refractivity contribution < 1.29 is 28.2 Å². The Morgan fingerprint density at radius 3 is 2.44 bits per heavy atom. The third-order valence-corrected chi connectivity index (χ3v) is 10.7. The smallest absolute Gasteiger partial charge is 0.311 e. The standard InChI is InChI=1S/C38H46FN5O6/c1-25-21-28(9-10-29(25)39)22-40-32(45)30-31(50-23-27-7-5-4-6-8-27)34(47)44-24-37(14-11-26-12-19-49-20-13-26)15-17-38(18-16-37,36(44)41-30)42-33(46)35(48)43(2)3/h4-10,21,26H,11-20,22-24H2,1-3H3,(H,40,45)(H,42,46). The lowest BCUT2D eigenvalue weighted by molar-refractivity contribution is -0.145. The van der Waals surface area contributed by atoms with Gasteiger partial charge in [-0.2, -0.15) is 0 Å². The Labute approximate surface area is 291 Å². The molecule has 50 heavy (non-hydrogen) atoms. The van der Waals surface area contributed by atoms with Crippen molar-refractivity contribution in [3.8, 4) is 5.75 Å². The van der Waals surface area contributed by atoms with Crippen LogP contribution in [0, 0.1) is 24.1 Å². The minimum atomic E-state index is -1.15. The van der Waals surface area contributed by atoms with Gasteiger partial charge >= 0.3 is 11.8 Å². The topological polar surface area (TPSA) is 132 Å². The van der Waals surface area contributed by atoms with E-state index in [-0.39, 0.29) is 41.7 Å². The van der Waals surface area contributed by atoms with Crippen LogP contribution >= 0.6 is 0 Å². The van der Waals surface area contributed by atoms with Gasteiger partial charge in [-0.3, -0.25) is 23.7 Å². The SMILES string of the molecule is Cc1cc(CNC(=O)c2nc3n(c(=O)c2OCc2ccccc2)CC2(CCC4CCOCC4)CCC3(NC(=O)C(=O)N(C)C)CC2)ccc1F. The van der Waals surface area contributed by atoms with E-state index in [9.17, 15) is 23.6 Å². The van der Waals surface area contributed by atoms with Crippen LogP contribution in [0.25, 0.3) is 0 Å². The zero-order valence-electron chi connectivity index (χ0n) is 29.1. The summed E-state index contributed by atoms with van der Waals surface area (Å²) < 4.78 is 27.3. The number of benzene rings is 2. The molecule has 2 bridgehead atoms. The van der Waals surface area contributed by atoms with E-state index in [0.717, 1.165) is 44.5 Å². The molecule has 2 aromatic carbocycles. The summed E-state index contributed by atoms with van der Waals surface area (Å²) in [6.07, 6.45) is 6.24. The maximum absolute atomic E-state index is 14.7. The molecular weight excluding hydrogens is 641 g/mol. The molecule has 1 aliphatic carbocycles. The molecule has 266 valence electrons. The quantitative estimate of drug-likeness (QED) is 0.303. The number of hydrogen-bond acceptors (Lipinski definition) is 7. The van der Waals surface area contributed by atoms with Gasteiger partial charge in [0.1, 0.15) is 18.2 Å². The average molecular weight is 688 g/mol. The number of carbonyl (C=O) groups is 3. The van der Waals surface area contributed by atoms with Crippen LogP contribution in [0.15, 0.2) is 53.3 Å². The normalized spacial score (nSPS) is 21.5. The van der Waals surface area contributed by atoms with Gasteiger partial charge in [-0.15, -0.1) is 0 Å². The van der Waals surface area contributed by atoms with Crippen LogP contribution in [0.3, 0.4) is 0 Å². The molecule has 0 spiro atoms. The van der Waals surface area contributed by atoms with Crippen LogP contribution in [-0.4, -0.2) is 59.5 Å². The zero-order valence-corrected chi connectivity index (χ0v) is 29.1. The molecule has 2 fully saturated rings. The largest absolute Gasteiger partial charge is 0.481 e. The van der Waals surface area contributed by atoms with Gasteiger partial charge in [-0.05, 0) is 92.4 Å². The number of hydrogen-bond donors (Lipinski definition) is 2. The molecule has 4 heterocycles. The maximum atomic E-state index is 14.7. The van der Waals surface area contributed by atoms with Crippen molar-refractivity contribution in [2.24, 2.45) is 11.3 Å². The van der Waals surface area contributed by atoms with Crippen LogP contribution in [0.5, 0.6) is 5.75 Å². The predicted octanol–water partition coefficient (Wildman–Crippen LogP) is 4.38. The summed E-state index contributed by atoms with van der Waals surface area (Å²) in [7, 11) is 3.01. The molecule has 0 radical (unpaired) electrons. The van der Waals surface area contributed by atoms with Crippen LogP contribution in [0.4, 0.5) is 4.39 Å². The van der Waals surface area contributed by atoms with Gasteiger partial charge in [0.05, 0.1) is 5.54 Å². The first-order chi connectivity index (χ1) is 24.0. The van der Waals surface area contributed by atoms with Gasteiger partial charge in [0, 0.05) is 40.4 Å². The van der Waals surface area contributed by atoms with Crippen molar-refractivity contribution in [3.63, 3.8) is 0 Å². The lowest BCUT2D eigenvalue weighted by Crippen LogP contribution is -2.54. The van der Waals surface area contributed by atoms with Crippen molar-refractivity contribution in [3.05, 3.63) is 92.9 Å². The second kappa shape index (κ2) is 14.7. The van der Waals surface area contributed by atoms with E-state index in [0.29, 0.717) is 49.3 Å². The number of aromatic nitrogens is 2. The second-order valence-corrected chi connectivity index (χ2v) is 14.4. The Bertz CT molecular complexity index is 1800. The molecule has 4 aliphatic rings. The van der Waals surface area contributed by atoms with Crippen LogP contribution < -0.4 is 20.9 Å². The molecular formula is C38H46FN5O6. The summed E-state index contributed by atoms with van der Waals surface area (Å²) in [5.41, 5.74) is -0.185. The number of halogens is 1. The van der Waals surface area contributed by atoms with Crippen LogP contribution in [0.1, 0.15) is 84.4 Å². The van der Waals surface area contributed by atoms with E-state index in [1.807, 2.05) is 30.3 Å². The fourth-order valence-electron chi connectivity index (χ4n) is 7.60. The molecule has 2 N–H and O–H groups in total. The molecule has 1 saturated carbocycles. The van der Waals surface area contributed by atoms with E-state index in [4.69, 9.17) is 14.5 Å². The molecule has 3 aliphatic heterocycles. The lowest BCUT2D eigenvalue weighted by atomic mass is 9.65. The Morgan fingerprint density at radius 2 is 1.76 bits per heavy atom. The summed E-state index contributed by atoms with van der Waals surface area (Å²) in [4.78, 5) is 60.9. The van der Waals surface area contributed by atoms with Crippen molar-refractivity contribution in [1.82, 2.24) is 25.1 Å². The highest BCUT2D eigenvalue weighted by molar-refractivity contribution is 6.35. The third-order valence-electron chi connectivity index (χ3n) is 10.7. The van der Waals surface area contributed by atoms with Crippen LogP contribution in [-0.2, 0) is 39.6 Å². The van der Waals surface area contributed by atoms with Gasteiger partial charge < -0.3 is 25.0 Å². The van der Waals surface area contributed by atoms with Crippen LogP contribution in [0.2, 0.25) is 0 Å². The van der Waals surface area contributed by atoms with Crippen molar-refractivity contribution in [2.45, 2.75) is 83.5 Å². The van der Waals surface area contributed by atoms with Gasteiger partial charge in [0.2, 0.25) is 5.75 Å². The summed E-state index contributed by atoms with van der Waals surface area (Å²) in [5, 5.41) is 5.82. The fraction of sp³-hybridized carbons (Fsp3) is 0.500. The summed E-state index contributed by atoms with van der Waals surface area (Å²) >= 11 is 0. The molecule has 11 nitrogen and oxygen atoms in total. The Hall–Kier alpha value is -4.58. The average Bonchev–Trinajstić information content (AvgIpc) is 3.34. The van der Waals surface area contributed by atoms with Gasteiger partial charge in [-0.25, -0.2) is 9.37 Å². The van der Waals surface area contributed by atoms with Crippen molar-refractivity contribution >= 4 is 17.7 Å². The zero-order chi connectivity index (χ0) is 35.5. The first kappa shape index (κ1) is 35.3. The summed E-state index contributed by atoms with van der Waals surface area (Å²) in [6.45, 7) is 3.61. The number of aryl methyl sites for hydroxylation is 1. The molecule has 3 aromatic rings. The molecule has 0 atom stereocenters. The highest BCUT2D eigenvalue weighted by Gasteiger charge is 2.52. The first-order valence-electron chi connectivity index (χ1n) is 17.5. The highest BCUT2D eigenvalue weighted by atomic mass is 19.1. The lowest BCUT2D eigenvalue weighted by Gasteiger charge is -2.43. The minimum absolute atomic E-state index is 0.0304. The monoisotopic (exact) mass is 687 g/mol. The molecule has 3 amide bonds. The Morgan fingerprint density at radius 1 is 1.04 bits per heavy atom. The van der Waals surface area contributed by atoms with E-state index < -0.39 is 28.8 Å². The molecule has 1 saturated heterocycles. The van der Waals surface area contributed by atoms with E-state index >= 15 is 0 Å². The molecule has 0 unspecified atom stereocenters. The number of amides is 3. The Balaban J connectivity index is 1.41.